The van der Waals surface area contributed by atoms with Gasteiger partial charge in [-0.15, -0.1) is 0 Å². The van der Waals surface area contributed by atoms with Gasteiger partial charge in [0.1, 0.15) is 15.1 Å². The molecule has 1 aromatic heterocycles. The molecule has 4 aromatic rings. The lowest BCUT2D eigenvalue weighted by Crippen LogP contribution is -2.59. The molecule has 1 aliphatic carbocycles. The topological polar surface area (TPSA) is 3.88 Å². The molecular formula is C31H36NSi+. The lowest BCUT2D eigenvalue weighted by Gasteiger charge is -2.36. The van der Waals surface area contributed by atoms with Gasteiger partial charge in [0.25, 0.3) is 0 Å². The molecule has 1 saturated carbocycles. The fourth-order valence-electron chi connectivity index (χ4n) is 7.32. The molecule has 0 atom stereocenters. The Morgan fingerprint density at radius 1 is 0.879 bits per heavy atom. The number of aryl methyl sites for hydroxylation is 4. The standard InChI is InChI=1S/C31H36NSi/c1-19-11-10-14-25-20(2)28-30-29-23(15-16-32(30)4)17-24(22-12-8-7-9-13-22)18-26(29)33(5,6)31(28)21(3)27(19)25/h10-11,14-18,22H,7-9,12-13H2,1-6H3/q+1. The molecular weight excluding hydrogens is 414 g/mol. The monoisotopic (exact) mass is 450 g/mol. The lowest BCUT2D eigenvalue weighted by atomic mass is 9.83. The van der Waals surface area contributed by atoms with Crippen molar-refractivity contribution in [2.75, 3.05) is 0 Å². The average Bonchev–Trinajstić information content (AvgIpc) is 2.80. The Kier molecular flexibility index (Phi) is 4.65. The van der Waals surface area contributed by atoms with E-state index in [1.54, 1.807) is 15.9 Å². The SMILES string of the molecule is Cc1c2c(c(C)c3c(C)cccc13)[Si](C)(C)c1cc(C3CCCCC3)cc3cc[n+](C)c-2c13. The van der Waals surface area contributed by atoms with Gasteiger partial charge in [0, 0.05) is 6.07 Å². The van der Waals surface area contributed by atoms with Crippen LogP contribution in [0.15, 0.2) is 42.6 Å². The van der Waals surface area contributed by atoms with E-state index in [0.717, 1.165) is 5.92 Å². The van der Waals surface area contributed by atoms with Gasteiger partial charge in [-0.3, -0.25) is 0 Å². The summed E-state index contributed by atoms with van der Waals surface area (Å²) < 4.78 is 2.39. The van der Waals surface area contributed by atoms with E-state index in [9.17, 15) is 0 Å². The normalized spacial score (nSPS) is 17.5. The second-order valence-corrected chi connectivity index (χ2v) is 15.6. The number of benzene rings is 3. The molecule has 0 radical (unpaired) electrons. The molecule has 3 aromatic carbocycles. The number of fused-ring (bicyclic) bond motifs is 3. The van der Waals surface area contributed by atoms with E-state index in [2.05, 4.69) is 88.1 Å². The zero-order chi connectivity index (χ0) is 23.1. The van der Waals surface area contributed by atoms with E-state index in [1.807, 2.05) is 0 Å². The minimum atomic E-state index is -1.91. The molecule has 0 amide bonds. The first-order valence-corrected chi connectivity index (χ1v) is 15.8. The van der Waals surface area contributed by atoms with E-state index < -0.39 is 8.07 Å². The van der Waals surface area contributed by atoms with Crippen LogP contribution in [0.5, 0.6) is 0 Å². The molecule has 0 unspecified atom stereocenters. The van der Waals surface area contributed by atoms with Crippen molar-refractivity contribution in [3.63, 3.8) is 0 Å². The fraction of sp³-hybridized carbons (Fsp3) is 0.387. The summed E-state index contributed by atoms with van der Waals surface area (Å²) in [5, 5.41) is 9.21. The maximum atomic E-state index is 2.66. The lowest BCUT2D eigenvalue weighted by molar-refractivity contribution is -0.659. The highest BCUT2D eigenvalue weighted by molar-refractivity contribution is 7.03. The van der Waals surface area contributed by atoms with Gasteiger partial charge in [0.05, 0.1) is 10.9 Å². The molecule has 6 rings (SSSR count). The molecule has 168 valence electrons. The first-order chi connectivity index (χ1) is 15.8. The quantitative estimate of drug-likeness (QED) is 0.227. The third-order valence-corrected chi connectivity index (χ3v) is 12.5. The number of pyridine rings is 1. The van der Waals surface area contributed by atoms with Gasteiger partial charge >= 0.3 is 0 Å². The van der Waals surface area contributed by atoms with Gasteiger partial charge in [-0.1, -0.05) is 62.7 Å². The Hall–Kier alpha value is -2.45. The van der Waals surface area contributed by atoms with E-state index in [0.29, 0.717) is 0 Å². The maximum Gasteiger partial charge on any atom is 0.220 e. The number of hydrogen-bond donors (Lipinski definition) is 0. The third-order valence-electron chi connectivity index (χ3n) is 8.92. The predicted octanol–water partition coefficient (Wildman–Crippen LogP) is 6.59. The van der Waals surface area contributed by atoms with Crippen LogP contribution in [-0.2, 0) is 7.05 Å². The van der Waals surface area contributed by atoms with Gasteiger partial charge in [0.15, 0.2) is 6.20 Å². The van der Waals surface area contributed by atoms with Crippen molar-refractivity contribution in [3.05, 3.63) is 64.8 Å². The van der Waals surface area contributed by atoms with E-state index in [1.165, 1.54) is 81.6 Å². The van der Waals surface area contributed by atoms with Gasteiger partial charge in [0.2, 0.25) is 5.69 Å². The summed E-state index contributed by atoms with van der Waals surface area (Å²) in [5.41, 5.74) is 8.94. The smallest absolute Gasteiger partial charge is 0.200 e. The van der Waals surface area contributed by atoms with Gasteiger partial charge in [-0.25, -0.2) is 4.57 Å². The summed E-state index contributed by atoms with van der Waals surface area (Å²) in [6.45, 7) is 12.3. The zero-order valence-corrected chi connectivity index (χ0v) is 22.1. The Morgan fingerprint density at radius 2 is 1.64 bits per heavy atom. The summed E-state index contributed by atoms with van der Waals surface area (Å²) in [6.07, 6.45) is 9.21. The highest BCUT2D eigenvalue weighted by Crippen LogP contribution is 2.41. The molecule has 0 saturated heterocycles. The largest absolute Gasteiger partial charge is 0.220 e. The van der Waals surface area contributed by atoms with Crippen molar-refractivity contribution >= 4 is 40.0 Å². The van der Waals surface area contributed by atoms with Crippen LogP contribution in [-0.4, -0.2) is 8.07 Å². The number of hydrogen-bond acceptors (Lipinski definition) is 0. The van der Waals surface area contributed by atoms with Gasteiger partial charge in [-0.2, -0.15) is 0 Å². The predicted molar refractivity (Wildman–Crippen MR) is 145 cm³/mol. The molecule has 33 heavy (non-hydrogen) atoms. The Morgan fingerprint density at radius 3 is 2.39 bits per heavy atom. The van der Waals surface area contributed by atoms with Gasteiger partial charge in [-0.05, 0) is 88.3 Å². The molecule has 2 heterocycles. The minimum absolute atomic E-state index is 0.740. The van der Waals surface area contributed by atoms with E-state index >= 15 is 0 Å². The summed E-state index contributed by atoms with van der Waals surface area (Å²) in [4.78, 5) is 0. The first kappa shape index (κ1) is 21.1. The molecule has 0 spiro atoms. The molecule has 0 N–H and O–H groups in total. The van der Waals surface area contributed by atoms with Crippen molar-refractivity contribution in [1.29, 1.82) is 0 Å². The number of rotatable bonds is 1. The minimum Gasteiger partial charge on any atom is -0.200 e. The summed E-state index contributed by atoms with van der Waals surface area (Å²) in [6, 6.07) is 14.4. The van der Waals surface area contributed by atoms with Crippen LogP contribution in [0.1, 0.15) is 60.3 Å². The van der Waals surface area contributed by atoms with Crippen LogP contribution in [0, 0.1) is 20.8 Å². The Labute approximate surface area is 199 Å². The molecule has 1 aliphatic heterocycles. The number of aromatic nitrogens is 1. The number of nitrogens with zero attached hydrogens (tertiary/aromatic N) is 1. The molecule has 1 nitrogen and oxygen atoms in total. The van der Waals surface area contributed by atoms with Crippen molar-refractivity contribution < 1.29 is 4.57 Å². The Balaban J connectivity index is 1.77. The van der Waals surface area contributed by atoms with Gasteiger partial charge < -0.3 is 0 Å². The van der Waals surface area contributed by atoms with Crippen molar-refractivity contribution in [1.82, 2.24) is 0 Å². The van der Waals surface area contributed by atoms with Crippen LogP contribution in [0.4, 0.5) is 0 Å². The highest BCUT2D eigenvalue weighted by Gasteiger charge is 2.42. The van der Waals surface area contributed by atoms with Crippen LogP contribution < -0.4 is 14.9 Å². The molecule has 1 fully saturated rings. The first-order valence-electron chi connectivity index (χ1n) is 12.8. The van der Waals surface area contributed by atoms with Crippen molar-refractivity contribution in [3.8, 4) is 11.3 Å². The Bertz CT molecular complexity index is 1450. The second-order valence-electron chi connectivity index (χ2n) is 11.3. The summed E-state index contributed by atoms with van der Waals surface area (Å²) in [5.74, 6) is 0.740. The van der Waals surface area contributed by atoms with Crippen LogP contribution in [0.2, 0.25) is 13.1 Å². The van der Waals surface area contributed by atoms with Crippen LogP contribution in [0.3, 0.4) is 0 Å². The molecule has 0 bridgehead atoms. The zero-order valence-electron chi connectivity index (χ0n) is 21.1. The highest BCUT2D eigenvalue weighted by atomic mass is 28.3. The summed E-state index contributed by atoms with van der Waals surface area (Å²) >= 11 is 0. The van der Waals surface area contributed by atoms with Crippen LogP contribution >= 0.6 is 0 Å². The molecule has 2 heteroatoms. The van der Waals surface area contributed by atoms with Crippen molar-refractivity contribution in [2.24, 2.45) is 7.05 Å². The maximum absolute atomic E-state index is 2.66. The fourth-order valence-corrected chi connectivity index (χ4v) is 11.0. The van der Waals surface area contributed by atoms with E-state index in [4.69, 9.17) is 0 Å². The van der Waals surface area contributed by atoms with E-state index in [-0.39, 0.29) is 0 Å². The average molecular weight is 451 g/mol. The van der Waals surface area contributed by atoms with Crippen LogP contribution in [0.25, 0.3) is 32.8 Å². The summed E-state index contributed by atoms with van der Waals surface area (Å²) in [7, 11) is 0.333. The molecule has 2 aliphatic rings. The second kappa shape index (κ2) is 7.27. The van der Waals surface area contributed by atoms with Crippen molar-refractivity contribution in [2.45, 2.75) is 71.9 Å². The third kappa shape index (κ3) is 2.86.